The molecule has 1 aromatic carbocycles. The highest BCUT2D eigenvalue weighted by Gasteiger charge is 2.42. The summed E-state index contributed by atoms with van der Waals surface area (Å²) in [6, 6.07) is 3.25. The summed E-state index contributed by atoms with van der Waals surface area (Å²) in [5.41, 5.74) is -0.694. The number of likely N-dealkylation sites (tertiary alicyclic amines) is 1. The van der Waals surface area contributed by atoms with E-state index in [0.717, 1.165) is 12.1 Å². The molecule has 0 saturated carbocycles. The quantitative estimate of drug-likeness (QED) is 0.882. The Hall–Kier alpha value is -1.82. The van der Waals surface area contributed by atoms with Crippen LogP contribution < -0.4 is 5.32 Å². The van der Waals surface area contributed by atoms with Crippen molar-refractivity contribution in [2.24, 2.45) is 5.41 Å². The van der Waals surface area contributed by atoms with Gasteiger partial charge in [-0.25, -0.2) is 9.18 Å². The van der Waals surface area contributed by atoms with Crippen LogP contribution >= 0.6 is 11.6 Å². The van der Waals surface area contributed by atoms with Crippen molar-refractivity contribution >= 4 is 29.3 Å². The molecule has 2 rings (SSSR count). The summed E-state index contributed by atoms with van der Waals surface area (Å²) < 4.78 is 13.2. The highest BCUT2D eigenvalue weighted by molar-refractivity contribution is 6.30. The van der Waals surface area contributed by atoms with Gasteiger partial charge >= 0.3 is 12.0 Å². The van der Waals surface area contributed by atoms with Crippen molar-refractivity contribution in [1.29, 1.82) is 0 Å². The number of carbonyl (C=O) groups excluding carboxylic acids is 1. The van der Waals surface area contributed by atoms with Gasteiger partial charge in [0.2, 0.25) is 0 Å². The third-order valence-electron chi connectivity index (χ3n) is 3.39. The van der Waals surface area contributed by atoms with E-state index in [4.69, 9.17) is 16.7 Å². The van der Waals surface area contributed by atoms with Gasteiger partial charge in [0, 0.05) is 23.8 Å². The lowest BCUT2D eigenvalue weighted by atomic mass is 9.90. The molecule has 1 fully saturated rings. The number of amides is 2. The van der Waals surface area contributed by atoms with Crippen LogP contribution in [0.4, 0.5) is 14.9 Å². The summed E-state index contributed by atoms with van der Waals surface area (Å²) in [7, 11) is 0. The molecule has 1 atom stereocenters. The third kappa shape index (κ3) is 3.01. The first-order chi connectivity index (χ1) is 9.30. The second-order valence-corrected chi connectivity index (χ2v) is 5.56. The first kappa shape index (κ1) is 14.6. The molecular weight excluding hydrogens is 287 g/mol. The molecular formula is C13H14ClFN2O3. The Kier molecular flexibility index (Phi) is 3.85. The van der Waals surface area contributed by atoms with Crippen LogP contribution in [0.2, 0.25) is 5.02 Å². The molecule has 20 heavy (non-hydrogen) atoms. The number of anilines is 1. The minimum atomic E-state index is -0.934. The largest absolute Gasteiger partial charge is 0.481 e. The lowest BCUT2D eigenvalue weighted by Gasteiger charge is -2.20. The number of hydrogen-bond donors (Lipinski definition) is 2. The van der Waals surface area contributed by atoms with Crippen molar-refractivity contribution in [3.05, 3.63) is 29.0 Å². The van der Waals surface area contributed by atoms with Crippen LogP contribution in [0.15, 0.2) is 18.2 Å². The van der Waals surface area contributed by atoms with Gasteiger partial charge in [0.05, 0.1) is 5.41 Å². The molecule has 1 aliphatic rings. The fourth-order valence-corrected chi connectivity index (χ4v) is 2.36. The smallest absolute Gasteiger partial charge is 0.321 e. The lowest BCUT2D eigenvalue weighted by Crippen LogP contribution is -2.37. The Balaban J connectivity index is 2.05. The Bertz CT molecular complexity index is 546. The van der Waals surface area contributed by atoms with Gasteiger partial charge in [-0.2, -0.15) is 0 Å². The van der Waals surface area contributed by atoms with E-state index in [2.05, 4.69) is 5.32 Å². The second kappa shape index (κ2) is 5.28. The number of benzene rings is 1. The van der Waals surface area contributed by atoms with Gasteiger partial charge in [-0.05, 0) is 31.5 Å². The first-order valence-corrected chi connectivity index (χ1v) is 6.43. The van der Waals surface area contributed by atoms with Crippen molar-refractivity contribution in [1.82, 2.24) is 4.90 Å². The standard InChI is InChI=1S/C13H14ClFN2O3/c1-13(11(18)19)2-3-17(7-13)12(20)16-10-5-8(14)4-9(15)6-10/h4-6H,2-3,7H2,1H3,(H,16,20)(H,18,19). The van der Waals surface area contributed by atoms with E-state index >= 15 is 0 Å². The summed E-state index contributed by atoms with van der Waals surface area (Å²) in [5.74, 6) is -1.48. The number of nitrogens with zero attached hydrogens (tertiary/aromatic N) is 1. The number of hydrogen-bond acceptors (Lipinski definition) is 2. The molecule has 2 N–H and O–H groups in total. The number of carboxylic acid groups (broad SMARTS) is 1. The Morgan fingerprint density at radius 1 is 1.45 bits per heavy atom. The van der Waals surface area contributed by atoms with Crippen molar-refractivity contribution in [2.45, 2.75) is 13.3 Å². The minimum absolute atomic E-state index is 0.122. The van der Waals surface area contributed by atoms with E-state index < -0.39 is 23.2 Å². The first-order valence-electron chi connectivity index (χ1n) is 6.06. The van der Waals surface area contributed by atoms with Gasteiger partial charge < -0.3 is 15.3 Å². The monoisotopic (exact) mass is 300 g/mol. The van der Waals surface area contributed by atoms with Crippen molar-refractivity contribution < 1.29 is 19.1 Å². The Labute approximate surface area is 120 Å². The summed E-state index contributed by atoms with van der Waals surface area (Å²) >= 11 is 5.70. The SMILES string of the molecule is CC1(C(=O)O)CCN(C(=O)Nc2cc(F)cc(Cl)c2)C1. The molecule has 0 aromatic heterocycles. The average molecular weight is 301 g/mol. The number of aliphatic carboxylic acids is 1. The maximum atomic E-state index is 13.2. The number of halogens is 2. The van der Waals surface area contributed by atoms with Crippen LogP contribution in [-0.2, 0) is 4.79 Å². The number of nitrogens with one attached hydrogen (secondary N) is 1. The number of carbonyl (C=O) groups is 2. The van der Waals surface area contributed by atoms with Crippen LogP contribution in [0.3, 0.4) is 0 Å². The summed E-state index contributed by atoms with van der Waals surface area (Å²) in [5, 5.41) is 11.8. The normalized spacial score (nSPS) is 21.9. The molecule has 1 saturated heterocycles. The number of carboxylic acids is 1. The molecule has 0 spiro atoms. The third-order valence-corrected chi connectivity index (χ3v) is 3.61. The maximum absolute atomic E-state index is 13.2. The zero-order chi connectivity index (χ0) is 14.9. The fraction of sp³-hybridized carbons (Fsp3) is 0.385. The van der Waals surface area contributed by atoms with Crippen LogP contribution in [0.1, 0.15) is 13.3 Å². The van der Waals surface area contributed by atoms with Gasteiger partial charge in [-0.1, -0.05) is 11.6 Å². The zero-order valence-electron chi connectivity index (χ0n) is 10.8. The predicted molar refractivity (Wildman–Crippen MR) is 72.4 cm³/mol. The van der Waals surface area contributed by atoms with Gasteiger partial charge in [0.1, 0.15) is 5.82 Å². The number of rotatable bonds is 2. The van der Waals surface area contributed by atoms with Gasteiger partial charge in [0.25, 0.3) is 0 Å². The van der Waals surface area contributed by atoms with Crippen molar-refractivity contribution in [3.8, 4) is 0 Å². The van der Waals surface area contributed by atoms with Gasteiger partial charge in [-0.15, -0.1) is 0 Å². The molecule has 7 heteroatoms. The van der Waals surface area contributed by atoms with Crippen molar-refractivity contribution in [2.75, 3.05) is 18.4 Å². The minimum Gasteiger partial charge on any atom is -0.481 e. The average Bonchev–Trinajstić information content (AvgIpc) is 2.72. The zero-order valence-corrected chi connectivity index (χ0v) is 11.6. The topological polar surface area (TPSA) is 69.6 Å². The van der Waals surface area contributed by atoms with Crippen LogP contribution in [0, 0.1) is 11.2 Å². The molecule has 108 valence electrons. The van der Waals surface area contributed by atoms with E-state index in [1.165, 1.54) is 11.0 Å². The number of urea groups is 1. The maximum Gasteiger partial charge on any atom is 0.321 e. The summed E-state index contributed by atoms with van der Waals surface area (Å²) in [6.45, 7) is 2.07. The van der Waals surface area contributed by atoms with Crippen LogP contribution in [0.5, 0.6) is 0 Å². The van der Waals surface area contributed by atoms with Gasteiger partial charge in [-0.3, -0.25) is 4.79 Å². The molecule has 1 aromatic rings. The summed E-state index contributed by atoms with van der Waals surface area (Å²) in [6.07, 6.45) is 0.389. The molecule has 1 unspecified atom stereocenters. The summed E-state index contributed by atoms with van der Waals surface area (Å²) in [4.78, 5) is 24.5. The molecule has 0 radical (unpaired) electrons. The fourth-order valence-electron chi connectivity index (χ4n) is 2.14. The van der Waals surface area contributed by atoms with Crippen LogP contribution in [-0.4, -0.2) is 35.1 Å². The Morgan fingerprint density at radius 3 is 2.70 bits per heavy atom. The van der Waals surface area contributed by atoms with Crippen LogP contribution in [0.25, 0.3) is 0 Å². The molecule has 5 nitrogen and oxygen atoms in total. The van der Waals surface area contributed by atoms with Gasteiger partial charge in [0.15, 0.2) is 0 Å². The second-order valence-electron chi connectivity index (χ2n) is 5.13. The van der Waals surface area contributed by atoms with E-state index in [9.17, 15) is 14.0 Å². The van der Waals surface area contributed by atoms with E-state index in [1.54, 1.807) is 6.92 Å². The molecule has 1 heterocycles. The highest BCUT2D eigenvalue weighted by atomic mass is 35.5. The van der Waals surface area contributed by atoms with E-state index in [1.807, 2.05) is 0 Å². The molecule has 1 aliphatic heterocycles. The molecule has 2 amide bonds. The van der Waals surface area contributed by atoms with E-state index in [-0.39, 0.29) is 17.3 Å². The van der Waals surface area contributed by atoms with E-state index in [0.29, 0.717) is 13.0 Å². The predicted octanol–water partition coefficient (Wildman–Crippen LogP) is 2.81. The highest BCUT2D eigenvalue weighted by Crippen LogP contribution is 2.30. The lowest BCUT2D eigenvalue weighted by molar-refractivity contribution is -0.146. The van der Waals surface area contributed by atoms with Crippen molar-refractivity contribution in [3.63, 3.8) is 0 Å². The molecule has 0 bridgehead atoms. The molecule has 0 aliphatic carbocycles. The Morgan fingerprint density at radius 2 is 2.15 bits per heavy atom.